The van der Waals surface area contributed by atoms with Gasteiger partial charge in [-0.1, -0.05) is 54.6 Å². The lowest BCUT2D eigenvalue weighted by Crippen LogP contribution is -2.13. The number of hydrogen-bond donors (Lipinski definition) is 1. The SMILES string of the molecule is [CH2]C(CC(N)=O)c1cccc(-c2ccccc2)c1. The average Bonchev–Trinajstić information content (AvgIpc) is 2.39. The van der Waals surface area contributed by atoms with Crippen molar-refractivity contribution >= 4 is 5.91 Å². The van der Waals surface area contributed by atoms with Crippen molar-refractivity contribution in [2.24, 2.45) is 5.73 Å². The van der Waals surface area contributed by atoms with Gasteiger partial charge in [-0.2, -0.15) is 0 Å². The topological polar surface area (TPSA) is 43.1 Å². The smallest absolute Gasteiger partial charge is 0.218 e. The Morgan fingerprint density at radius 3 is 2.39 bits per heavy atom. The van der Waals surface area contributed by atoms with E-state index in [4.69, 9.17) is 5.73 Å². The summed E-state index contributed by atoms with van der Waals surface area (Å²) in [5.74, 6) is -0.411. The maximum Gasteiger partial charge on any atom is 0.218 e. The van der Waals surface area contributed by atoms with E-state index >= 15 is 0 Å². The summed E-state index contributed by atoms with van der Waals surface area (Å²) in [6, 6.07) is 18.2. The molecule has 2 aromatic rings. The highest BCUT2D eigenvalue weighted by Crippen LogP contribution is 2.25. The highest BCUT2D eigenvalue weighted by atomic mass is 16.1. The fraction of sp³-hybridized carbons (Fsp3) is 0.125. The van der Waals surface area contributed by atoms with Crippen molar-refractivity contribution in [1.82, 2.24) is 0 Å². The molecule has 0 bridgehead atoms. The Balaban J connectivity index is 2.28. The summed E-state index contributed by atoms with van der Waals surface area (Å²) < 4.78 is 0. The molecule has 0 heterocycles. The second kappa shape index (κ2) is 5.50. The van der Waals surface area contributed by atoms with Crippen LogP contribution in [0.5, 0.6) is 0 Å². The first kappa shape index (κ1) is 12.4. The van der Waals surface area contributed by atoms with Gasteiger partial charge in [0.2, 0.25) is 5.91 Å². The monoisotopic (exact) mass is 238 g/mol. The standard InChI is InChI=1S/C16H16NO/c1-12(10-16(17)18)14-8-5-9-15(11-14)13-6-3-2-4-7-13/h2-9,11-12H,1,10H2,(H2,17,18). The third-order valence-electron chi connectivity index (χ3n) is 2.91. The van der Waals surface area contributed by atoms with Crippen molar-refractivity contribution in [3.05, 3.63) is 67.1 Å². The van der Waals surface area contributed by atoms with E-state index in [0.29, 0.717) is 0 Å². The molecule has 2 rings (SSSR count). The number of hydrogen-bond acceptors (Lipinski definition) is 1. The molecule has 0 saturated heterocycles. The van der Waals surface area contributed by atoms with E-state index in [9.17, 15) is 4.79 Å². The van der Waals surface area contributed by atoms with Crippen molar-refractivity contribution < 1.29 is 4.79 Å². The molecule has 18 heavy (non-hydrogen) atoms. The minimum atomic E-state index is -0.319. The van der Waals surface area contributed by atoms with Crippen LogP contribution in [0.2, 0.25) is 0 Å². The van der Waals surface area contributed by atoms with E-state index < -0.39 is 0 Å². The summed E-state index contributed by atoms with van der Waals surface area (Å²) in [7, 11) is 0. The van der Waals surface area contributed by atoms with Crippen LogP contribution in [0, 0.1) is 6.92 Å². The summed E-state index contributed by atoms with van der Waals surface area (Å²) in [6.45, 7) is 3.98. The number of amides is 1. The molecule has 0 aromatic heterocycles. The number of rotatable bonds is 4. The Bertz CT molecular complexity index is 534. The first-order valence-electron chi connectivity index (χ1n) is 5.93. The van der Waals surface area contributed by atoms with Gasteiger partial charge in [0.25, 0.3) is 0 Å². The zero-order valence-electron chi connectivity index (χ0n) is 10.2. The normalized spacial score (nSPS) is 12.1. The van der Waals surface area contributed by atoms with Gasteiger partial charge in [0.15, 0.2) is 0 Å². The highest BCUT2D eigenvalue weighted by Gasteiger charge is 2.09. The third-order valence-corrected chi connectivity index (χ3v) is 2.91. The predicted molar refractivity (Wildman–Crippen MR) is 73.8 cm³/mol. The molecule has 1 amide bonds. The highest BCUT2D eigenvalue weighted by molar-refractivity contribution is 5.75. The molecule has 0 aliphatic heterocycles. The van der Waals surface area contributed by atoms with E-state index in [1.54, 1.807) is 0 Å². The summed E-state index contributed by atoms with van der Waals surface area (Å²) in [4.78, 5) is 10.9. The van der Waals surface area contributed by atoms with Gasteiger partial charge in [-0.3, -0.25) is 4.79 Å². The lowest BCUT2D eigenvalue weighted by Gasteiger charge is -2.11. The first-order chi connectivity index (χ1) is 8.66. The molecule has 2 aromatic carbocycles. The fourth-order valence-corrected chi connectivity index (χ4v) is 1.96. The van der Waals surface area contributed by atoms with Crippen LogP contribution in [-0.4, -0.2) is 5.91 Å². The third kappa shape index (κ3) is 2.98. The van der Waals surface area contributed by atoms with Crippen molar-refractivity contribution in [2.75, 3.05) is 0 Å². The summed E-state index contributed by atoms with van der Waals surface area (Å²) in [6.07, 6.45) is 0.276. The molecule has 0 aliphatic carbocycles. The van der Waals surface area contributed by atoms with Gasteiger partial charge in [0.05, 0.1) is 0 Å². The van der Waals surface area contributed by atoms with Crippen molar-refractivity contribution in [3.63, 3.8) is 0 Å². The van der Waals surface area contributed by atoms with Gasteiger partial charge in [-0.05, 0) is 29.5 Å². The van der Waals surface area contributed by atoms with E-state index in [1.807, 2.05) is 30.3 Å². The Morgan fingerprint density at radius 1 is 1.06 bits per heavy atom. The van der Waals surface area contributed by atoms with Crippen molar-refractivity contribution in [1.29, 1.82) is 0 Å². The van der Waals surface area contributed by atoms with E-state index in [0.717, 1.165) is 16.7 Å². The number of benzene rings is 2. The van der Waals surface area contributed by atoms with E-state index in [2.05, 4.69) is 31.2 Å². The van der Waals surface area contributed by atoms with Crippen LogP contribution in [0.25, 0.3) is 11.1 Å². The summed E-state index contributed by atoms with van der Waals surface area (Å²) in [5.41, 5.74) is 8.53. The molecular weight excluding hydrogens is 222 g/mol. The molecule has 0 aliphatic rings. The number of carbonyl (C=O) groups is 1. The van der Waals surface area contributed by atoms with Gasteiger partial charge in [0.1, 0.15) is 0 Å². The fourth-order valence-electron chi connectivity index (χ4n) is 1.96. The molecule has 91 valence electrons. The predicted octanol–water partition coefficient (Wildman–Crippen LogP) is 3.15. The average molecular weight is 238 g/mol. The zero-order valence-corrected chi connectivity index (χ0v) is 10.2. The van der Waals surface area contributed by atoms with Crippen molar-refractivity contribution in [2.45, 2.75) is 12.3 Å². The Kier molecular flexibility index (Phi) is 3.78. The maximum atomic E-state index is 10.9. The molecule has 0 saturated carbocycles. The zero-order chi connectivity index (χ0) is 13.0. The molecule has 2 nitrogen and oxygen atoms in total. The minimum absolute atomic E-state index is 0.0915. The van der Waals surface area contributed by atoms with Crippen LogP contribution in [0.3, 0.4) is 0 Å². The summed E-state index contributed by atoms with van der Waals surface area (Å²) in [5, 5.41) is 0. The number of nitrogens with two attached hydrogens (primary N) is 1. The Labute approximate surface area is 107 Å². The van der Waals surface area contributed by atoms with Gasteiger partial charge < -0.3 is 5.73 Å². The lowest BCUT2D eigenvalue weighted by atomic mass is 9.94. The molecule has 0 spiro atoms. The second-order valence-corrected chi connectivity index (χ2v) is 4.36. The van der Waals surface area contributed by atoms with Crippen molar-refractivity contribution in [3.8, 4) is 11.1 Å². The van der Waals surface area contributed by atoms with Crippen LogP contribution in [0.1, 0.15) is 17.9 Å². The van der Waals surface area contributed by atoms with Crippen LogP contribution in [0.4, 0.5) is 0 Å². The summed E-state index contributed by atoms with van der Waals surface area (Å²) >= 11 is 0. The number of carbonyl (C=O) groups excluding carboxylic acids is 1. The molecule has 0 fully saturated rings. The lowest BCUT2D eigenvalue weighted by molar-refractivity contribution is -0.118. The van der Waals surface area contributed by atoms with Crippen LogP contribution in [0.15, 0.2) is 54.6 Å². The molecule has 2 N–H and O–H groups in total. The Morgan fingerprint density at radius 2 is 1.72 bits per heavy atom. The van der Waals surface area contributed by atoms with Gasteiger partial charge in [0, 0.05) is 6.42 Å². The maximum absolute atomic E-state index is 10.9. The Hall–Kier alpha value is -2.09. The number of primary amides is 1. The quantitative estimate of drug-likeness (QED) is 0.873. The molecule has 1 radical (unpaired) electrons. The van der Waals surface area contributed by atoms with Crippen LogP contribution in [-0.2, 0) is 4.79 Å². The van der Waals surface area contributed by atoms with Gasteiger partial charge in [-0.25, -0.2) is 0 Å². The molecule has 2 heteroatoms. The van der Waals surface area contributed by atoms with Crippen LogP contribution >= 0.6 is 0 Å². The van der Waals surface area contributed by atoms with Crippen LogP contribution < -0.4 is 5.73 Å². The second-order valence-electron chi connectivity index (χ2n) is 4.36. The molecule has 1 atom stereocenters. The van der Waals surface area contributed by atoms with E-state index in [-0.39, 0.29) is 18.2 Å². The van der Waals surface area contributed by atoms with Gasteiger partial charge in [-0.15, -0.1) is 0 Å². The van der Waals surface area contributed by atoms with Gasteiger partial charge >= 0.3 is 0 Å². The largest absolute Gasteiger partial charge is 0.370 e. The molecule has 1 unspecified atom stereocenters. The molecular formula is C16H16NO. The minimum Gasteiger partial charge on any atom is -0.370 e. The van der Waals surface area contributed by atoms with E-state index in [1.165, 1.54) is 0 Å². The first-order valence-corrected chi connectivity index (χ1v) is 5.93.